The van der Waals surface area contributed by atoms with Crippen LogP contribution in [-0.2, 0) is 11.3 Å². The van der Waals surface area contributed by atoms with Crippen LogP contribution in [0.4, 0.5) is 5.69 Å². The fraction of sp³-hybridized carbons (Fsp3) is 0.294. The fourth-order valence-corrected chi connectivity index (χ4v) is 2.19. The first kappa shape index (κ1) is 18.9. The van der Waals surface area contributed by atoms with Crippen molar-refractivity contribution in [2.75, 3.05) is 18.9 Å². The van der Waals surface area contributed by atoms with Gasteiger partial charge in [0.1, 0.15) is 5.69 Å². The molecule has 1 unspecified atom stereocenters. The first-order valence-electron chi connectivity index (χ1n) is 7.30. The Morgan fingerprint density at radius 2 is 1.87 bits per heavy atom. The maximum atomic E-state index is 12.4. The second-order valence-corrected chi connectivity index (χ2v) is 5.29. The molecular weight excluding hydrogens is 314 g/mol. The summed E-state index contributed by atoms with van der Waals surface area (Å²) in [6, 6.07) is 13.1. The summed E-state index contributed by atoms with van der Waals surface area (Å²) in [7, 11) is 1.79. The highest BCUT2D eigenvalue weighted by Gasteiger charge is 2.14. The number of hydrogen-bond donors (Lipinski definition) is 2. The van der Waals surface area contributed by atoms with Crippen molar-refractivity contribution < 1.29 is 4.79 Å². The zero-order chi connectivity index (χ0) is 15.9. The van der Waals surface area contributed by atoms with Crippen LogP contribution in [0.25, 0.3) is 0 Å². The second-order valence-electron chi connectivity index (χ2n) is 5.29. The van der Waals surface area contributed by atoms with Crippen molar-refractivity contribution in [2.45, 2.75) is 13.5 Å². The average molecular weight is 336 g/mol. The van der Waals surface area contributed by atoms with Gasteiger partial charge in [-0.25, -0.2) is 0 Å². The molecular formula is C17H22ClN3O2. The topological polar surface area (TPSA) is 63.1 Å². The van der Waals surface area contributed by atoms with Crippen molar-refractivity contribution >= 4 is 24.0 Å². The highest BCUT2D eigenvalue weighted by molar-refractivity contribution is 5.92. The molecule has 0 radical (unpaired) electrons. The number of rotatable bonds is 6. The van der Waals surface area contributed by atoms with E-state index in [4.69, 9.17) is 0 Å². The number of amides is 1. The number of benzene rings is 1. The Kier molecular flexibility index (Phi) is 7.51. The number of nitrogens with one attached hydrogen (secondary N) is 2. The van der Waals surface area contributed by atoms with E-state index in [1.54, 1.807) is 29.9 Å². The van der Waals surface area contributed by atoms with Crippen LogP contribution >= 0.6 is 12.4 Å². The van der Waals surface area contributed by atoms with Crippen LogP contribution in [0.15, 0.2) is 53.5 Å². The molecule has 6 heteroatoms. The smallest absolute Gasteiger partial charge is 0.274 e. The van der Waals surface area contributed by atoms with Crippen molar-refractivity contribution in [1.29, 1.82) is 0 Å². The third kappa shape index (κ3) is 5.23. The van der Waals surface area contributed by atoms with Gasteiger partial charge in [0.25, 0.3) is 5.56 Å². The molecule has 5 nitrogen and oxygen atoms in total. The zero-order valence-electron chi connectivity index (χ0n) is 13.3. The van der Waals surface area contributed by atoms with Gasteiger partial charge in [0.2, 0.25) is 5.91 Å². The standard InChI is InChI=1S/C17H21N3O2.ClH/c1-13(11-18-2)16(21)19-15-9-6-10-20(17(15)22)12-14-7-4-3-5-8-14;/h3-10,13,18H,11-12H2,1-2H3,(H,19,21);1H. The van der Waals surface area contributed by atoms with Gasteiger partial charge in [-0.15, -0.1) is 12.4 Å². The van der Waals surface area contributed by atoms with Crippen LogP contribution in [0.3, 0.4) is 0 Å². The van der Waals surface area contributed by atoms with Gasteiger partial charge in [-0.05, 0) is 24.7 Å². The van der Waals surface area contributed by atoms with E-state index in [9.17, 15) is 9.59 Å². The van der Waals surface area contributed by atoms with Crippen LogP contribution in [-0.4, -0.2) is 24.1 Å². The lowest BCUT2D eigenvalue weighted by Gasteiger charge is -2.12. The lowest BCUT2D eigenvalue weighted by molar-refractivity contribution is -0.119. The van der Waals surface area contributed by atoms with Crippen LogP contribution in [0.1, 0.15) is 12.5 Å². The Hall–Kier alpha value is -2.11. The maximum absolute atomic E-state index is 12.4. The largest absolute Gasteiger partial charge is 0.321 e. The molecule has 0 saturated carbocycles. The molecule has 0 saturated heterocycles. The molecule has 0 spiro atoms. The normalized spacial score (nSPS) is 11.4. The molecule has 1 aromatic heterocycles. The SMILES string of the molecule is CNCC(C)C(=O)Nc1cccn(Cc2ccccc2)c1=O.Cl. The van der Waals surface area contributed by atoms with Crippen molar-refractivity contribution in [3.63, 3.8) is 0 Å². The van der Waals surface area contributed by atoms with E-state index in [0.717, 1.165) is 5.56 Å². The number of carbonyl (C=O) groups is 1. The first-order valence-corrected chi connectivity index (χ1v) is 7.30. The number of pyridine rings is 1. The first-order chi connectivity index (χ1) is 10.6. The van der Waals surface area contributed by atoms with Crippen LogP contribution in [0, 0.1) is 5.92 Å². The van der Waals surface area contributed by atoms with E-state index in [1.165, 1.54) is 0 Å². The van der Waals surface area contributed by atoms with Crippen LogP contribution in [0.2, 0.25) is 0 Å². The summed E-state index contributed by atoms with van der Waals surface area (Å²) in [6.45, 7) is 2.86. The maximum Gasteiger partial charge on any atom is 0.274 e. The summed E-state index contributed by atoms with van der Waals surface area (Å²) in [5.41, 5.74) is 1.15. The number of nitrogens with zero attached hydrogens (tertiary/aromatic N) is 1. The number of carbonyl (C=O) groups excluding carboxylic acids is 1. The third-order valence-electron chi connectivity index (χ3n) is 3.43. The van der Waals surface area contributed by atoms with Gasteiger partial charge in [-0.2, -0.15) is 0 Å². The van der Waals surface area contributed by atoms with E-state index in [0.29, 0.717) is 18.8 Å². The van der Waals surface area contributed by atoms with Crippen LogP contribution < -0.4 is 16.2 Å². The predicted molar refractivity (Wildman–Crippen MR) is 95.2 cm³/mol. The van der Waals surface area contributed by atoms with Crippen LogP contribution in [0.5, 0.6) is 0 Å². The molecule has 2 N–H and O–H groups in total. The van der Waals surface area contributed by atoms with E-state index < -0.39 is 0 Å². The Morgan fingerprint density at radius 1 is 1.17 bits per heavy atom. The summed E-state index contributed by atoms with van der Waals surface area (Å²) >= 11 is 0. The Balaban J connectivity index is 0.00000264. The molecule has 1 heterocycles. The molecule has 2 rings (SSSR count). The van der Waals surface area contributed by atoms with Gasteiger partial charge in [-0.3, -0.25) is 9.59 Å². The van der Waals surface area contributed by atoms with Crippen molar-refractivity contribution in [3.8, 4) is 0 Å². The summed E-state index contributed by atoms with van der Waals surface area (Å²) in [4.78, 5) is 24.4. The average Bonchev–Trinajstić information content (AvgIpc) is 2.52. The minimum absolute atomic E-state index is 0. The molecule has 1 aromatic carbocycles. The van der Waals surface area contributed by atoms with Crippen molar-refractivity contribution in [1.82, 2.24) is 9.88 Å². The minimum Gasteiger partial charge on any atom is -0.321 e. The molecule has 0 bridgehead atoms. The number of halogens is 1. The van der Waals surface area contributed by atoms with Gasteiger partial charge >= 0.3 is 0 Å². The molecule has 0 aliphatic rings. The summed E-state index contributed by atoms with van der Waals surface area (Å²) in [6.07, 6.45) is 1.72. The number of anilines is 1. The second kappa shape index (κ2) is 9.12. The summed E-state index contributed by atoms with van der Waals surface area (Å²) in [5, 5.41) is 5.66. The molecule has 23 heavy (non-hydrogen) atoms. The van der Waals surface area contributed by atoms with Crippen molar-refractivity contribution in [2.24, 2.45) is 5.92 Å². The van der Waals surface area contributed by atoms with Gasteiger partial charge < -0.3 is 15.2 Å². The third-order valence-corrected chi connectivity index (χ3v) is 3.43. The van der Waals surface area contributed by atoms with Gasteiger partial charge in [0.05, 0.1) is 6.54 Å². The lowest BCUT2D eigenvalue weighted by Crippen LogP contribution is -2.32. The van der Waals surface area contributed by atoms with E-state index in [-0.39, 0.29) is 29.8 Å². The molecule has 0 fully saturated rings. The Bertz CT molecular complexity index is 686. The lowest BCUT2D eigenvalue weighted by atomic mass is 10.1. The van der Waals surface area contributed by atoms with Gasteiger partial charge in [0.15, 0.2) is 0 Å². The molecule has 0 aliphatic carbocycles. The van der Waals surface area contributed by atoms with Gasteiger partial charge in [-0.1, -0.05) is 37.3 Å². The molecule has 1 amide bonds. The highest BCUT2D eigenvalue weighted by atomic mass is 35.5. The summed E-state index contributed by atoms with van der Waals surface area (Å²) in [5.74, 6) is -0.365. The molecule has 0 aliphatic heterocycles. The monoisotopic (exact) mass is 335 g/mol. The van der Waals surface area contributed by atoms with E-state index in [2.05, 4.69) is 10.6 Å². The fourth-order valence-electron chi connectivity index (χ4n) is 2.19. The number of aromatic nitrogens is 1. The quantitative estimate of drug-likeness (QED) is 0.850. The van der Waals surface area contributed by atoms with Crippen molar-refractivity contribution in [3.05, 3.63) is 64.6 Å². The minimum atomic E-state index is -0.202. The number of hydrogen-bond acceptors (Lipinski definition) is 3. The Morgan fingerprint density at radius 3 is 2.52 bits per heavy atom. The Labute approximate surface area is 142 Å². The molecule has 1 atom stereocenters. The molecule has 124 valence electrons. The van der Waals surface area contributed by atoms with Gasteiger partial charge in [0, 0.05) is 18.7 Å². The van der Waals surface area contributed by atoms with E-state index in [1.807, 2.05) is 37.3 Å². The summed E-state index contributed by atoms with van der Waals surface area (Å²) < 4.78 is 1.59. The zero-order valence-corrected chi connectivity index (χ0v) is 14.1. The molecule has 2 aromatic rings. The highest BCUT2D eigenvalue weighted by Crippen LogP contribution is 2.05. The predicted octanol–water partition coefficient (Wildman–Crippen LogP) is 2.11. The van der Waals surface area contributed by atoms with E-state index >= 15 is 0 Å².